The van der Waals surface area contributed by atoms with E-state index < -0.39 is 0 Å². The highest BCUT2D eigenvalue weighted by Gasteiger charge is 2.20. The van der Waals surface area contributed by atoms with E-state index in [1.807, 2.05) is 44.2 Å². The van der Waals surface area contributed by atoms with Crippen molar-refractivity contribution in [1.82, 2.24) is 19.7 Å². The van der Waals surface area contributed by atoms with Gasteiger partial charge >= 0.3 is 0 Å². The first kappa shape index (κ1) is 18.8. The Morgan fingerprint density at radius 1 is 1.11 bits per heavy atom. The number of carbonyl (C=O) groups is 1. The lowest BCUT2D eigenvalue weighted by Gasteiger charge is -2.18. The van der Waals surface area contributed by atoms with Crippen molar-refractivity contribution >= 4 is 16.7 Å². The third kappa shape index (κ3) is 4.22. The molecule has 27 heavy (non-hydrogen) atoms. The molecule has 0 aliphatic rings. The first-order valence-corrected chi connectivity index (χ1v) is 9.12. The van der Waals surface area contributed by atoms with Crippen molar-refractivity contribution in [2.45, 2.75) is 26.8 Å². The number of amides is 1. The Morgan fingerprint density at radius 3 is 2.48 bits per heavy atom. The zero-order valence-electron chi connectivity index (χ0n) is 15.9. The SMILES string of the molecule is CC(C)Cn1nc(C(=O)N(C)CCc2ccccn2)c2ccccc2c1=O. The maximum atomic E-state index is 13.1. The summed E-state index contributed by atoms with van der Waals surface area (Å²) in [6.45, 7) is 5.03. The zero-order chi connectivity index (χ0) is 19.4. The van der Waals surface area contributed by atoms with Crippen LogP contribution in [0.3, 0.4) is 0 Å². The minimum absolute atomic E-state index is 0.160. The number of hydrogen-bond donors (Lipinski definition) is 0. The molecule has 0 saturated heterocycles. The monoisotopic (exact) mass is 364 g/mol. The molecule has 0 atom stereocenters. The molecule has 0 fully saturated rings. The van der Waals surface area contributed by atoms with Gasteiger partial charge in [-0.3, -0.25) is 14.6 Å². The predicted molar refractivity (Wildman–Crippen MR) is 106 cm³/mol. The molecule has 1 amide bonds. The van der Waals surface area contributed by atoms with Crippen molar-refractivity contribution in [2.24, 2.45) is 5.92 Å². The van der Waals surface area contributed by atoms with Crippen LogP contribution in [-0.4, -0.2) is 39.2 Å². The van der Waals surface area contributed by atoms with Crippen molar-refractivity contribution in [2.75, 3.05) is 13.6 Å². The van der Waals surface area contributed by atoms with Crippen LogP contribution < -0.4 is 5.56 Å². The van der Waals surface area contributed by atoms with Crippen LogP contribution in [0.1, 0.15) is 30.0 Å². The Balaban J connectivity index is 1.93. The topological polar surface area (TPSA) is 68.1 Å². The van der Waals surface area contributed by atoms with Crippen LogP contribution >= 0.6 is 0 Å². The first-order valence-electron chi connectivity index (χ1n) is 9.12. The van der Waals surface area contributed by atoms with Crippen LogP contribution in [0.25, 0.3) is 10.8 Å². The lowest BCUT2D eigenvalue weighted by atomic mass is 10.1. The summed E-state index contributed by atoms with van der Waals surface area (Å²) in [5.74, 6) is 0.0563. The van der Waals surface area contributed by atoms with Gasteiger partial charge in [0.2, 0.25) is 0 Å². The van der Waals surface area contributed by atoms with Gasteiger partial charge in [0.25, 0.3) is 11.5 Å². The number of fused-ring (bicyclic) bond motifs is 1. The maximum absolute atomic E-state index is 13.1. The van der Waals surface area contributed by atoms with Gasteiger partial charge in [-0.1, -0.05) is 38.1 Å². The van der Waals surface area contributed by atoms with E-state index in [0.29, 0.717) is 36.0 Å². The summed E-state index contributed by atoms with van der Waals surface area (Å²) in [6.07, 6.45) is 2.40. The summed E-state index contributed by atoms with van der Waals surface area (Å²) in [4.78, 5) is 31.7. The molecule has 0 unspecified atom stereocenters. The van der Waals surface area contributed by atoms with Gasteiger partial charge in [-0.25, -0.2) is 4.68 Å². The van der Waals surface area contributed by atoms with Gasteiger partial charge < -0.3 is 4.90 Å². The van der Waals surface area contributed by atoms with E-state index in [4.69, 9.17) is 0 Å². The molecule has 2 heterocycles. The van der Waals surface area contributed by atoms with Crippen LogP contribution in [0.2, 0.25) is 0 Å². The molecule has 0 aliphatic heterocycles. The van der Waals surface area contributed by atoms with Crippen LogP contribution in [0.5, 0.6) is 0 Å². The van der Waals surface area contributed by atoms with Crippen LogP contribution in [-0.2, 0) is 13.0 Å². The number of aromatic nitrogens is 3. The van der Waals surface area contributed by atoms with E-state index in [0.717, 1.165) is 5.69 Å². The van der Waals surface area contributed by atoms with Gasteiger partial charge in [0.1, 0.15) is 0 Å². The molecule has 2 aromatic heterocycles. The quantitative estimate of drug-likeness (QED) is 0.674. The van der Waals surface area contributed by atoms with Gasteiger partial charge in [-0.05, 0) is 24.1 Å². The number of pyridine rings is 1. The molecular formula is C21H24N4O2. The normalized spacial score (nSPS) is 11.1. The molecule has 3 aromatic rings. The standard InChI is InChI=1S/C21H24N4O2/c1-15(2)14-25-20(26)18-10-5-4-9-17(18)19(23-25)21(27)24(3)13-11-16-8-6-7-12-22-16/h4-10,12,15H,11,13-14H2,1-3H3. The van der Waals surface area contributed by atoms with E-state index in [-0.39, 0.29) is 17.4 Å². The van der Waals surface area contributed by atoms with E-state index in [2.05, 4.69) is 10.1 Å². The van der Waals surface area contributed by atoms with Gasteiger partial charge in [-0.2, -0.15) is 5.10 Å². The van der Waals surface area contributed by atoms with E-state index >= 15 is 0 Å². The minimum atomic E-state index is -0.195. The second kappa shape index (κ2) is 8.12. The molecule has 1 aromatic carbocycles. The molecule has 3 rings (SSSR count). The van der Waals surface area contributed by atoms with Gasteiger partial charge in [-0.15, -0.1) is 0 Å². The molecule has 6 nitrogen and oxygen atoms in total. The van der Waals surface area contributed by atoms with Gasteiger partial charge in [0.05, 0.1) is 5.39 Å². The molecule has 0 radical (unpaired) electrons. The van der Waals surface area contributed by atoms with Crippen LogP contribution in [0, 0.1) is 5.92 Å². The first-order chi connectivity index (χ1) is 13.0. The summed E-state index contributed by atoms with van der Waals surface area (Å²) in [5.41, 5.74) is 1.08. The third-order valence-corrected chi connectivity index (χ3v) is 4.38. The fourth-order valence-electron chi connectivity index (χ4n) is 2.97. The molecule has 0 aliphatic carbocycles. The Labute approximate surface area is 158 Å². The van der Waals surface area contributed by atoms with Crippen molar-refractivity contribution in [3.63, 3.8) is 0 Å². The van der Waals surface area contributed by atoms with Gasteiger partial charge in [0, 0.05) is 43.8 Å². The maximum Gasteiger partial charge on any atom is 0.274 e. The summed E-state index contributed by atoms with van der Waals surface area (Å²) >= 11 is 0. The summed E-state index contributed by atoms with van der Waals surface area (Å²) in [5, 5.41) is 5.53. The van der Waals surface area contributed by atoms with Crippen LogP contribution in [0.4, 0.5) is 0 Å². The molecule has 0 bridgehead atoms. The van der Waals surface area contributed by atoms with Gasteiger partial charge in [0.15, 0.2) is 5.69 Å². The zero-order valence-corrected chi connectivity index (χ0v) is 15.9. The largest absolute Gasteiger partial charge is 0.340 e. The Kier molecular flexibility index (Phi) is 5.64. The summed E-state index contributed by atoms with van der Waals surface area (Å²) < 4.78 is 1.41. The van der Waals surface area contributed by atoms with E-state index in [9.17, 15) is 9.59 Å². The third-order valence-electron chi connectivity index (χ3n) is 4.38. The summed E-state index contributed by atoms with van der Waals surface area (Å²) in [7, 11) is 1.75. The highest BCUT2D eigenvalue weighted by molar-refractivity contribution is 6.04. The smallest absolute Gasteiger partial charge is 0.274 e. The van der Waals surface area contributed by atoms with E-state index in [1.54, 1.807) is 30.3 Å². The molecule has 0 saturated carbocycles. The number of rotatable bonds is 6. The fraction of sp³-hybridized carbons (Fsp3) is 0.333. The Morgan fingerprint density at radius 2 is 1.81 bits per heavy atom. The second-order valence-corrected chi connectivity index (χ2v) is 7.07. The minimum Gasteiger partial charge on any atom is -0.340 e. The molecule has 0 spiro atoms. The lowest BCUT2D eigenvalue weighted by Crippen LogP contribution is -2.34. The Bertz CT molecular complexity index is 996. The highest BCUT2D eigenvalue weighted by atomic mass is 16.2. The average Bonchev–Trinajstić information content (AvgIpc) is 2.68. The lowest BCUT2D eigenvalue weighted by molar-refractivity contribution is 0.0789. The summed E-state index contributed by atoms with van der Waals surface area (Å²) in [6, 6.07) is 12.9. The number of nitrogens with zero attached hydrogens (tertiary/aromatic N) is 4. The Hall–Kier alpha value is -3.02. The van der Waals surface area contributed by atoms with E-state index in [1.165, 1.54) is 4.68 Å². The van der Waals surface area contributed by atoms with Crippen molar-refractivity contribution in [1.29, 1.82) is 0 Å². The number of hydrogen-bond acceptors (Lipinski definition) is 4. The highest BCUT2D eigenvalue weighted by Crippen LogP contribution is 2.15. The fourth-order valence-corrected chi connectivity index (χ4v) is 2.97. The predicted octanol–water partition coefficient (Wildman–Crippen LogP) is 2.76. The van der Waals surface area contributed by atoms with Crippen molar-refractivity contribution < 1.29 is 4.79 Å². The molecule has 140 valence electrons. The molecular weight excluding hydrogens is 340 g/mol. The van der Waals surface area contributed by atoms with Crippen LogP contribution in [0.15, 0.2) is 53.5 Å². The van der Waals surface area contributed by atoms with Crippen molar-refractivity contribution in [3.8, 4) is 0 Å². The second-order valence-electron chi connectivity index (χ2n) is 7.07. The number of carbonyl (C=O) groups excluding carboxylic acids is 1. The number of likely N-dealkylation sites (N-methyl/N-ethyl adjacent to an activating group) is 1. The van der Waals surface area contributed by atoms with Crippen molar-refractivity contribution in [3.05, 3.63) is 70.4 Å². The average molecular weight is 364 g/mol. The number of benzene rings is 1. The molecule has 6 heteroatoms. The molecule has 0 N–H and O–H groups in total.